The van der Waals surface area contributed by atoms with Gasteiger partial charge in [-0.15, -0.1) is 0 Å². The smallest absolute Gasteiger partial charge is 0.247 e. The molecule has 0 saturated carbocycles. The molecule has 7 nitrogen and oxygen atoms in total. The number of aromatic nitrogens is 1. The van der Waals surface area contributed by atoms with E-state index in [0.29, 0.717) is 29.6 Å². The van der Waals surface area contributed by atoms with Crippen LogP contribution in [-0.2, 0) is 9.59 Å². The number of nitrogens with zero attached hydrogens (tertiary/aromatic N) is 2. The SMILES string of the molecule is COc1cc(C)cc(Oc2cccc(N(C)C(=O)CNC=O)n2)c1. The number of likely N-dealkylation sites (N-methyl/N-ethyl adjacent to an activating group) is 1. The molecule has 0 aliphatic carbocycles. The van der Waals surface area contributed by atoms with E-state index in [4.69, 9.17) is 9.47 Å². The number of carbonyl (C=O) groups is 2. The maximum atomic E-state index is 11.9. The van der Waals surface area contributed by atoms with E-state index in [1.54, 1.807) is 38.4 Å². The van der Waals surface area contributed by atoms with Crippen molar-refractivity contribution in [2.45, 2.75) is 6.92 Å². The highest BCUT2D eigenvalue weighted by molar-refractivity contribution is 5.94. The molecular weight excluding hydrogens is 310 g/mol. The molecule has 0 bridgehead atoms. The lowest BCUT2D eigenvalue weighted by Gasteiger charge is -2.16. The average molecular weight is 329 g/mol. The average Bonchev–Trinajstić information content (AvgIpc) is 2.58. The van der Waals surface area contributed by atoms with E-state index >= 15 is 0 Å². The van der Waals surface area contributed by atoms with Crippen LogP contribution >= 0.6 is 0 Å². The molecule has 1 heterocycles. The van der Waals surface area contributed by atoms with Crippen molar-refractivity contribution in [2.24, 2.45) is 0 Å². The summed E-state index contributed by atoms with van der Waals surface area (Å²) in [6.45, 7) is 1.84. The first-order valence-electron chi connectivity index (χ1n) is 7.27. The Morgan fingerprint density at radius 1 is 1.29 bits per heavy atom. The van der Waals surface area contributed by atoms with Gasteiger partial charge in [-0.1, -0.05) is 6.07 Å². The number of pyridine rings is 1. The van der Waals surface area contributed by atoms with Crippen LogP contribution in [-0.4, -0.2) is 38.0 Å². The van der Waals surface area contributed by atoms with Gasteiger partial charge in [0.05, 0.1) is 13.7 Å². The predicted molar refractivity (Wildman–Crippen MR) is 89.5 cm³/mol. The number of hydrogen-bond acceptors (Lipinski definition) is 5. The zero-order chi connectivity index (χ0) is 17.5. The summed E-state index contributed by atoms with van der Waals surface area (Å²) in [5, 5.41) is 2.33. The number of ether oxygens (including phenoxy) is 2. The van der Waals surface area contributed by atoms with Gasteiger partial charge < -0.3 is 14.8 Å². The Balaban J connectivity index is 2.17. The lowest BCUT2D eigenvalue weighted by atomic mass is 10.2. The Hall–Kier alpha value is -3.09. The van der Waals surface area contributed by atoms with Gasteiger partial charge in [0.15, 0.2) is 0 Å². The maximum absolute atomic E-state index is 11.9. The normalized spacial score (nSPS) is 9.96. The predicted octanol–water partition coefficient (Wildman–Crippen LogP) is 1.90. The van der Waals surface area contributed by atoms with Gasteiger partial charge in [0.2, 0.25) is 18.2 Å². The molecule has 0 spiro atoms. The summed E-state index contributed by atoms with van der Waals surface area (Å²) < 4.78 is 11.0. The van der Waals surface area contributed by atoms with E-state index < -0.39 is 0 Å². The second kappa shape index (κ2) is 7.96. The van der Waals surface area contributed by atoms with Crippen molar-refractivity contribution in [3.8, 4) is 17.4 Å². The number of nitrogens with one attached hydrogen (secondary N) is 1. The van der Waals surface area contributed by atoms with Crippen molar-refractivity contribution in [1.29, 1.82) is 0 Å². The first kappa shape index (κ1) is 17.3. The molecule has 1 aromatic heterocycles. The second-order valence-electron chi connectivity index (χ2n) is 5.07. The van der Waals surface area contributed by atoms with E-state index in [1.165, 1.54) is 4.90 Å². The number of amides is 2. The summed E-state index contributed by atoms with van der Waals surface area (Å²) in [7, 11) is 3.17. The standard InChI is InChI=1S/C17H19N3O4/c1-12-7-13(23-3)9-14(8-12)24-16-6-4-5-15(19-16)20(2)17(22)10-18-11-21/h4-9,11H,10H2,1-3H3,(H,18,21). The molecular formula is C17H19N3O4. The van der Waals surface area contributed by atoms with Crippen LogP contribution in [0.15, 0.2) is 36.4 Å². The molecule has 0 fully saturated rings. The largest absolute Gasteiger partial charge is 0.497 e. The third kappa shape index (κ3) is 4.45. The van der Waals surface area contributed by atoms with Gasteiger partial charge in [-0.3, -0.25) is 14.5 Å². The van der Waals surface area contributed by atoms with Crippen molar-refractivity contribution >= 4 is 18.1 Å². The third-order valence-electron chi connectivity index (χ3n) is 3.25. The highest BCUT2D eigenvalue weighted by Crippen LogP contribution is 2.27. The van der Waals surface area contributed by atoms with Crippen LogP contribution in [0.4, 0.5) is 5.82 Å². The van der Waals surface area contributed by atoms with Crippen LogP contribution in [0.1, 0.15) is 5.56 Å². The summed E-state index contributed by atoms with van der Waals surface area (Å²) in [6.07, 6.45) is 0.476. The van der Waals surface area contributed by atoms with Crippen LogP contribution in [0.2, 0.25) is 0 Å². The van der Waals surface area contributed by atoms with E-state index in [2.05, 4.69) is 10.3 Å². The number of rotatable bonds is 7. The summed E-state index contributed by atoms with van der Waals surface area (Å²) in [5.41, 5.74) is 0.993. The molecule has 1 aromatic carbocycles. The number of anilines is 1. The molecule has 0 radical (unpaired) electrons. The fraction of sp³-hybridized carbons (Fsp3) is 0.235. The summed E-state index contributed by atoms with van der Waals surface area (Å²) in [5.74, 6) is 1.76. The lowest BCUT2D eigenvalue weighted by molar-refractivity contribution is -0.119. The molecule has 0 aliphatic heterocycles. The van der Waals surface area contributed by atoms with Gasteiger partial charge in [0.1, 0.15) is 17.3 Å². The molecule has 2 amide bonds. The van der Waals surface area contributed by atoms with Crippen LogP contribution in [0, 0.1) is 6.92 Å². The molecule has 1 N–H and O–H groups in total. The van der Waals surface area contributed by atoms with Gasteiger partial charge in [-0.2, -0.15) is 4.98 Å². The Morgan fingerprint density at radius 3 is 2.75 bits per heavy atom. The Morgan fingerprint density at radius 2 is 2.04 bits per heavy atom. The first-order valence-corrected chi connectivity index (χ1v) is 7.27. The topological polar surface area (TPSA) is 80.8 Å². The van der Waals surface area contributed by atoms with Crippen molar-refractivity contribution < 1.29 is 19.1 Å². The molecule has 0 saturated heterocycles. The Kier molecular flexibility index (Phi) is 5.73. The van der Waals surface area contributed by atoms with Gasteiger partial charge in [-0.05, 0) is 30.7 Å². The first-order chi connectivity index (χ1) is 11.5. The number of methoxy groups -OCH3 is 1. The lowest BCUT2D eigenvalue weighted by Crippen LogP contribution is -2.35. The van der Waals surface area contributed by atoms with E-state index in [9.17, 15) is 9.59 Å². The minimum atomic E-state index is -0.288. The highest BCUT2D eigenvalue weighted by Gasteiger charge is 2.12. The van der Waals surface area contributed by atoms with Crippen molar-refractivity contribution in [2.75, 3.05) is 25.6 Å². The molecule has 0 unspecified atom stereocenters. The Labute approximate surface area is 140 Å². The number of benzene rings is 1. The van der Waals surface area contributed by atoms with Crippen molar-refractivity contribution in [1.82, 2.24) is 10.3 Å². The van der Waals surface area contributed by atoms with Crippen LogP contribution in [0.25, 0.3) is 0 Å². The molecule has 2 rings (SSSR count). The number of aryl methyl sites for hydroxylation is 1. The van der Waals surface area contributed by atoms with Gasteiger partial charge in [-0.25, -0.2) is 0 Å². The van der Waals surface area contributed by atoms with Crippen molar-refractivity contribution in [3.63, 3.8) is 0 Å². The highest BCUT2D eigenvalue weighted by atomic mass is 16.5. The Bertz CT molecular complexity index is 734. The zero-order valence-corrected chi connectivity index (χ0v) is 13.8. The molecule has 0 aliphatic rings. The fourth-order valence-corrected chi connectivity index (χ4v) is 2.03. The van der Waals surface area contributed by atoms with E-state index in [1.807, 2.05) is 19.1 Å². The van der Waals surface area contributed by atoms with Crippen LogP contribution < -0.4 is 19.7 Å². The minimum Gasteiger partial charge on any atom is -0.497 e. The number of carbonyl (C=O) groups excluding carboxylic acids is 2. The van der Waals surface area contributed by atoms with E-state index in [-0.39, 0.29) is 12.5 Å². The minimum absolute atomic E-state index is 0.0954. The third-order valence-corrected chi connectivity index (χ3v) is 3.25. The monoisotopic (exact) mass is 329 g/mol. The van der Waals surface area contributed by atoms with Crippen LogP contribution in [0.5, 0.6) is 17.4 Å². The van der Waals surface area contributed by atoms with E-state index in [0.717, 1.165) is 5.56 Å². The molecule has 7 heteroatoms. The fourth-order valence-electron chi connectivity index (χ4n) is 2.03. The quantitative estimate of drug-likeness (QED) is 0.785. The molecule has 0 atom stereocenters. The van der Waals surface area contributed by atoms with Crippen molar-refractivity contribution in [3.05, 3.63) is 42.0 Å². The summed E-state index contributed by atoms with van der Waals surface area (Å²) in [4.78, 5) is 27.8. The maximum Gasteiger partial charge on any atom is 0.247 e. The summed E-state index contributed by atoms with van der Waals surface area (Å²) in [6, 6.07) is 10.6. The molecule has 24 heavy (non-hydrogen) atoms. The zero-order valence-electron chi connectivity index (χ0n) is 13.8. The van der Waals surface area contributed by atoms with Crippen LogP contribution in [0.3, 0.4) is 0 Å². The van der Waals surface area contributed by atoms with Gasteiger partial charge in [0, 0.05) is 19.2 Å². The molecule has 126 valence electrons. The molecule has 2 aromatic rings. The second-order valence-corrected chi connectivity index (χ2v) is 5.07. The summed E-state index contributed by atoms with van der Waals surface area (Å²) >= 11 is 0. The van der Waals surface area contributed by atoms with Gasteiger partial charge >= 0.3 is 0 Å². The number of hydrogen-bond donors (Lipinski definition) is 1. The van der Waals surface area contributed by atoms with Gasteiger partial charge in [0.25, 0.3) is 0 Å².